The number of nitrogens with one attached hydrogen (secondary N) is 1. The van der Waals surface area contributed by atoms with E-state index in [1.807, 2.05) is 0 Å². The smallest absolute Gasteiger partial charge is 0.0437 e. The van der Waals surface area contributed by atoms with Crippen molar-refractivity contribution in [2.45, 2.75) is 31.2 Å². The molecule has 1 aliphatic heterocycles. The predicted octanol–water partition coefficient (Wildman–Crippen LogP) is 2.68. The third kappa shape index (κ3) is 1.19. The highest BCUT2D eigenvalue weighted by atomic mass is 15.0. The monoisotopic (exact) mass is 187 g/mol. The third-order valence-electron chi connectivity index (χ3n) is 3.96. The fourth-order valence-corrected chi connectivity index (χ4v) is 3.19. The molecule has 2 atom stereocenters. The van der Waals surface area contributed by atoms with Gasteiger partial charge in [-0.05, 0) is 43.7 Å². The SMILES string of the molecule is c1ccc(C23CCC(CCN2)C3)cc1. The Kier molecular flexibility index (Phi) is 1.88. The van der Waals surface area contributed by atoms with Crippen LogP contribution in [0.3, 0.4) is 0 Å². The van der Waals surface area contributed by atoms with E-state index >= 15 is 0 Å². The summed E-state index contributed by atoms with van der Waals surface area (Å²) < 4.78 is 0. The van der Waals surface area contributed by atoms with Gasteiger partial charge in [-0.25, -0.2) is 0 Å². The molecule has 0 amide bonds. The first kappa shape index (κ1) is 8.49. The second-order valence-corrected chi connectivity index (χ2v) is 4.77. The Hall–Kier alpha value is -0.820. The molecule has 0 aromatic heterocycles. The van der Waals surface area contributed by atoms with Crippen molar-refractivity contribution in [2.75, 3.05) is 6.54 Å². The zero-order valence-corrected chi connectivity index (χ0v) is 8.50. The van der Waals surface area contributed by atoms with Crippen LogP contribution in [0.25, 0.3) is 0 Å². The van der Waals surface area contributed by atoms with Crippen LogP contribution in [0.15, 0.2) is 30.3 Å². The van der Waals surface area contributed by atoms with Crippen molar-refractivity contribution in [3.63, 3.8) is 0 Å². The largest absolute Gasteiger partial charge is 0.307 e. The Bertz CT molecular complexity index is 315. The molecule has 2 aliphatic rings. The summed E-state index contributed by atoms with van der Waals surface area (Å²) in [5.41, 5.74) is 1.84. The molecule has 1 aromatic rings. The highest BCUT2D eigenvalue weighted by molar-refractivity contribution is 5.26. The lowest BCUT2D eigenvalue weighted by Crippen LogP contribution is -2.43. The van der Waals surface area contributed by atoms with E-state index in [0.29, 0.717) is 5.54 Å². The standard InChI is InChI=1S/C13H17N/c1-2-4-12(5-3-1)13-8-6-11(10-13)7-9-14-13/h1-5,11,14H,6-10H2. The van der Waals surface area contributed by atoms with Gasteiger partial charge in [0, 0.05) is 5.54 Å². The van der Waals surface area contributed by atoms with E-state index in [2.05, 4.69) is 35.6 Å². The summed E-state index contributed by atoms with van der Waals surface area (Å²) in [4.78, 5) is 0. The van der Waals surface area contributed by atoms with Crippen LogP contribution in [0.5, 0.6) is 0 Å². The van der Waals surface area contributed by atoms with Gasteiger partial charge >= 0.3 is 0 Å². The summed E-state index contributed by atoms with van der Waals surface area (Å²) in [6.45, 7) is 1.21. The first-order chi connectivity index (χ1) is 6.89. The van der Waals surface area contributed by atoms with Crippen molar-refractivity contribution in [1.29, 1.82) is 0 Å². The summed E-state index contributed by atoms with van der Waals surface area (Å²) in [7, 11) is 0. The van der Waals surface area contributed by atoms with E-state index in [-0.39, 0.29) is 0 Å². The van der Waals surface area contributed by atoms with Crippen molar-refractivity contribution in [3.8, 4) is 0 Å². The second kappa shape index (κ2) is 3.09. The van der Waals surface area contributed by atoms with Crippen molar-refractivity contribution < 1.29 is 0 Å². The zero-order valence-electron chi connectivity index (χ0n) is 8.50. The number of hydrogen-bond acceptors (Lipinski definition) is 1. The molecule has 74 valence electrons. The average molecular weight is 187 g/mol. The van der Waals surface area contributed by atoms with Gasteiger partial charge in [0.05, 0.1) is 0 Å². The Morgan fingerprint density at radius 3 is 2.86 bits per heavy atom. The minimum atomic E-state index is 0.337. The van der Waals surface area contributed by atoms with E-state index in [9.17, 15) is 0 Å². The quantitative estimate of drug-likeness (QED) is 0.712. The predicted molar refractivity (Wildman–Crippen MR) is 58.1 cm³/mol. The maximum absolute atomic E-state index is 3.74. The Labute approximate surface area is 85.5 Å². The number of benzene rings is 1. The summed E-state index contributed by atoms with van der Waals surface area (Å²) >= 11 is 0. The molecular weight excluding hydrogens is 170 g/mol. The molecule has 1 aromatic carbocycles. The topological polar surface area (TPSA) is 12.0 Å². The lowest BCUT2D eigenvalue weighted by Gasteiger charge is -2.35. The summed E-state index contributed by atoms with van der Waals surface area (Å²) in [6, 6.07) is 11.0. The van der Waals surface area contributed by atoms with Gasteiger partial charge in [-0.15, -0.1) is 0 Å². The molecule has 3 rings (SSSR count). The zero-order chi connectivity index (χ0) is 9.43. The number of fused-ring (bicyclic) bond motifs is 2. The molecule has 0 radical (unpaired) electrons. The van der Waals surface area contributed by atoms with Crippen molar-refractivity contribution in [2.24, 2.45) is 5.92 Å². The highest BCUT2D eigenvalue weighted by Gasteiger charge is 2.42. The van der Waals surface area contributed by atoms with E-state index in [4.69, 9.17) is 0 Å². The van der Waals surface area contributed by atoms with E-state index < -0.39 is 0 Å². The molecule has 2 unspecified atom stereocenters. The minimum absolute atomic E-state index is 0.337. The van der Waals surface area contributed by atoms with Crippen molar-refractivity contribution in [1.82, 2.24) is 5.32 Å². The van der Waals surface area contributed by atoms with Crippen LogP contribution in [-0.4, -0.2) is 6.54 Å². The maximum Gasteiger partial charge on any atom is 0.0437 e. The van der Waals surface area contributed by atoms with Crippen LogP contribution in [0.1, 0.15) is 31.2 Å². The third-order valence-corrected chi connectivity index (χ3v) is 3.96. The average Bonchev–Trinajstić information content (AvgIpc) is 2.57. The van der Waals surface area contributed by atoms with Crippen LogP contribution >= 0.6 is 0 Å². The number of hydrogen-bond donors (Lipinski definition) is 1. The van der Waals surface area contributed by atoms with E-state index in [1.54, 1.807) is 0 Å². The van der Waals surface area contributed by atoms with Gasteiger partial charge in [-0.2, -0.15) is 0 Å². The molecule has 14 heavy (non-hydrogen) atoms. The minimum Gasteiger partial charge on any atom is -0.307 e. The summed E-state index contributed by atoms with van der Waals surface area (Å²) in [5.74, 6) is 0.983. The van der Waals surface area contributed by atoms with Gasteiger partial charge in [-0.1, -0.05) is 30.3 Å². The molecule has 1 saturated heterocycles. The molecule has 1 heterocycles. The maximum atomic E-state index is 3.74. The molecule has 1 saturated carbocycles. The second-order valence-electron chi connectivity index (χ2n) is 4.77. The molecule has 2 bridgehead atoms. The van der Waals surface area contributed by atoms with Crippen LogP contribution < -0.4 is 5.32 Å². The summed E-state index contributed by atoms with van der Waals surface area (Å²) in [5, 5.41) is 3.74. The lowest BCUT2D eigenvalue weighted by molar-refractivity contribution is 0.275. The fourth-order valence-electron chi connectivity index (χ4n) is 3.19. The molecule has 1 aliphatic carbocycles. The van der Waals surface area contributed by atoms with Gasteiger partial charge in [0.1, 0.15) is 0 Å². The molecule has 1 nitrogen and oxygen atoms in total. The molecule has 1 heteroatoms. The fraction of sp³-hybridized carbons (Fsp3) is 0.538. The lowest BCUT2D eigenvalue weighted by atomic mass is 9.84. The first-order valence-corrected chi connectivity index (χ1v) is 5.70. The normalized spacial score (nSPS) is 35.9. The van der Waals surface area contributed by atoms with E-state index in [1.165, 1.54) is 37.8 Å². The van der Waals surface area contributed by atoms with E-state index in [0.717, 1.165) is 5.92 Å². The van der Waals surface area contributed by atoms with Gasteiger partial charge in [-0.3, -0.25) is 0 Å². The van der Waals surface area contributed by atoms with Gasteiger partial charge in [0.25, 0.3) is 0 Å². The highest BCUT2D eigenvalue weighted by Crippen LogP contribution is 2.45. The number of piperidine rings is 1. The van der Waals surface area contributed by atoms with Gasteiger partial charge in [0.15, 0.2) is 0 Å². The van der Waals surface area contributed by atoms with Crippen LogP contribution in [0.2, 0.25) is 0 Å². The van der Waals surface area contributed by atoms with Gasteiger partial charge in [0.2, 0.25) is 0 Å². The molecule has 1 N–H and O–H groups in total. The molecule has 0 spiro atoms. The van der Waals surface area contributed by atoms with Crippen molar-refractivity contribution in [3.05, 3.63) is 35.9 Å². The molecular formula is C13H17N. The van der Waals surface area contributed by atoms with Crippen molar-refractivity contribution >= 4 is 0 Å². The Morgan fingerprint density at radius 2 is 2.00 bits per heavy atom. The Morgan fingerprint density at radius 1 is 1.14 bits per heavy atom. The first-order valence-electron chi connectivity index (χ1n) is 5.70. The summed E-state index contributed by atoms with van der Waals surface area (Å²) in [6.07, 6.45) is 5.50. The number of rotatable bonds is 1. The van der Waals surface area contributed by atoms with Crippen LogP contribution in [0, 0.1) is 5.92 Å². The molecule has 2 fully saturated rings. The van der Waals surface area contributed by atoms with Crippen LogP contribution in [0.4, 0.5) is 0 Å². The van der Waals surface area contributed by atoms with Gasteiger partial charge < -0.3 is 5.32 Å². The van der Waals surface area contributed by atoms with Crippen LogP contribution in [-0.2, 0) is 5.54 Å². The Balaban J connectivity index is 1.97.